The van der Waals surface area contributed by atoms with E-state index >= 15 is 0 Å². The molecular weight excluding hydrogens is 380 g/mol. The van der Waals surface area contributed by atoms with Crippen LogP contribution in [0.1, 0.15) is 24.5 Å². The fourth-order valence-electron chi connectivity index (χ4n) is 1.96. The first kappa shape index (κ1) is 15.9. The number of hydrogen-bond acceptors (Lipinski definition) is 6. The predicted molar refractivity (Wildman–Crippen MR) is 90.0 cm³/mol. The number of rotatable bonds is 5. The van der Waals surface area contributed by atoms with Gasteiger partial charge >= 0.3 is 5.97 Å². The van der Waals surface area contributed by atoms with E-state index in [-0.39, 0.29) is 18.3 Å². The monoisotopic (exact) mass is 392 g/mol. The van der Waals surface area contributed by atoms with Gasteiger partial charge in [-0.3, -0.25) is 4.79 Å². The number of ether oxygens (including phenoxy) is 1. The molecule has 118 valence electrons. The Morgan fingerprint density at radius 3 is 2.78 bits per heavy atom. The van der Waals surface area contributed by atoms with Gasteiger partial charge in [-0.25, -0.2) is 0 Å². The summed E-state index contributed by atoms with van der Waals surface area (Å²) in [6.45, 7) is 1.71. The van der Waals surface area contributed by atoms with Gasteiger partial charge in [0.05, 0.1) is 11.3 Å². The number of benzene rings is 1. The molecule has 0 unspecified atom stereocenters. The highest BCUT2D eigenvalue weighted by Crippen LogP contribution is 2.26. The summed E-state index contributed by atoms with van der Waals surface area (Å²) in [7, 11) is 0. The molecule has 3 aromatic rings. The van der Waals surface area contributed by atoms with Gasteiger partial charge in [0.1, 0.15) is 0 Å². The Bertz CT molecular complexity index is 784. The van der Waals surface area contributed by atoms with Crippen molar-refractivity contribution in [3.05, 3.63) is 57.7 Å². The van der Waals surface area contributed by atoms with E-state index in [0.717, 1.165) is 14.9 Å². The van der Waals surface area contributed by atoms with Crippen molar-refractivity contribution in [2.75, 3.05) is 0 Å². The zero-order chi connectivity index (χ0) is 16.2. The van der Waals surface area contributed by atoms with Gasteiger partial charge in [-0.15, -0.1) is 21.5 Å². The molecule has 2 heterocycles. The molecule has 0 N–H and O–H groups in total. The Kier molecular flexibility index (Phi) is 4.88. The van der Waals surface area contributed by atoms with Crippen molar-refractivity contribution < 1.29 is 13.9 Å². The van der Waals surface area contributed by atoms with Crippen LogP contribution in [0.4, 0.5) is 0 Å². The van der Waals surface area contributed by atoms with Gasteiger partial charge in [0.25, 0.3) is 11.8 Å². The summed E-state index contributed by atoms with van der Waals surface area (Å²) in [5.41, 5.74) is 0.884. The quantitative estimate of drug-likeness (QED) is 0.601. The third kappa shape index (κ3) is 4.05. The third-order valence-electron chi connectivity index (χ3n) is 3.09. The molecule has 2 aromatic heterocycles. The molecule has 1 aromatic carbocycles. The van der Waals surface area contributed by atoms with E-state index in [1.165, 1.54) is 11.3 Å². The molecule has 3 rings (SSSR count). The van der Waals surface area contributed by atoms with Gasteiger partial charge in [-0.05, 0) is 36.1 Å². The van der Waals surface area contributed by atoms with Crippen LogP contribution < -0.4 is 0 Å². The molecule has 0 fully saturated rings. The zero-order valence-electron chi connectivity index (χ0n) is 12.2. The van der Waals surface area contributed by atoms with Crippen molar-refractivity contribution in [1.29, 1.82) is 0 Å². The molecule has 7 heteroatoms. The number of thiophene rings is 1. The maximum atomic E-state index is 12.0. The second-order valence-electron chi connectivity index (χ2n) is 4.86. The molecule has 0 radical (unpaired) electrons. The van der Waals surface area contributed by atoms with Crippen LogP contribution in [0, 0.1) is 0 Å². The van der Waals surface area contributed by atoms with Crippen LogP contribution in [-0.2, 0) is 16.0 Å². The number of halogens is 1. The zero-order valence-corrected chi connectivity index (χ0v) is 14.6. The number of nitrogens with zero attached hydrogens (tertiary/aromatic N) is 2. The molecule has 0 amide bonds. The normalized spacial score (nSPS) is 12.1. The Hall–Kier alpha value is -1.99. The maximum Gasteiger partial charge on any atom is 0.311 e. The van der Waals surface area contributed by atoms with Crippen molar-refractivity contribution in [2.24, 2.45) is 0 Å². The van der Waals surface area contributed by atoms with E-state index in [1.54, 1.807) is 6.92 Å². The third-order valence-corrected chi connectivity index (χ3v) is 4.48. The molecule has 1 atom stereocenters. The lowest BCUT2D eigenvalue weighted by Crippen LogP contribution is -2.11. The summed E-state index contributed by atoms with van der Waals surface area (Å²) in [6, 6.07) is 11.3. The van der Waals surface area contributed by atoms with Crippen LogP contribution in [0.2, 0.25) is 0 Å². The Morgan fingerprint density at radius 1 is 1.30 bits per heavy atom. The van der Waals surface area contributed by atoms with Crippen molar-refractivity contribution >= 4 is 33.2 Å². The van der Waals surface area contributed by atoms with Crippen molar-refractivity contribution in [3.8, 4) is 10.8 Å². The van der Waals surface area contributed by atoms with Crippen LogP contribution in [0.15, 0.2) is 50.7 Å². The highest BCUT2D eigenvalue weighted by Gasteiger charge is 2.19. The van der Waals surface area contributed by atoms with Gasteiger partial charge in [0.15, 0.2) is 6.10 Å². The lowest BCUT2D eigenvalue weighted by molar-refractivity contribution is -0.148. The van der Waals surface area contributed by atoms with Crippen LogP contribution in [-0.4, -0.2) is 16.2 Å². The highest BCUT2D eigenvalue weighted by atomic mass is 79.9. The van der Waals surface area contributed by atoms with E-state index < -0.39 is 6.10 Å². The van der Waals surface area contributed by atoms with E-state index in [1.807, 2.05) is 41.8 Å². The Labute approximate surface area is 145 Å². The number of carbonyl (C=O) groups is 1. The number of aromatic nitrogens is 2. The topological polar surface area (TPSA) is 65.2 Å². The maximum absolute atomic E-state index is 12.0. The molecule has 5 nitrogen and oxygen atoms in total. The minimum absolute atomic E-state index is 0.198. The minimum atomic E-state index is -0.584. The number of hydrogen-bond donors (Lipinski definition) is 0. The van der Waals surface area contributed by atoms with Crippen molar-refractivity contribution in [3.63, 3.8) is 0 Å². The van der Waals surface area contributed by atoms with Gasteiger partial charge in [0.2, 0.25) is 0 Å². The van der Waals surface area contributed by atoms with E-state index in [9.17, 15) is 4.79 Å². The fraction of sp³-hybridized carbons (Fsp3) is 0.188. The molecule has 0 aliphatic carbocycles. The minimum Gasteiger partial charge on any atom is -0.452 e. The van der Waals surface area contributed by atoms with E-state index in [2.05, 4.69) is 26.1 Å². The molecular formula is C16H13BrN2O3S. The van der Waals surface area contributed by atoms with Gasteiger partial charge in [0, 0.05) is 4.47 Å². The molecule has 0 aliphatic rings. The average Bonchev–Trinajstić information content (AvgIpc) is 3.20. The summed E-state index contributed by atoms with van der Waals surface area (Å²) in [6.07, 6.45) is -0.386. The van der Waals surface area contributed by atoms with Crippen LogP contribution in [0.25, 0.3) is 10.8 Å². The largest absolute Gasteiger partial charge is 0.452 e. The van der Waals surface area contributed by atoms with Gasteiger partial charge in [-0.2, -0.15) is 0 Å². The molecule has 0 spiro atoms. The molecule has 0 aliphatic heterocycles. The van der Waals surface area contributed by atoms with Gasteiger partial charge < -0.3 is 9.15 Å². The number of esters is 1. The van der Waals surface area contributed by atoms with Crippen molar-refractivity contribution in [1.82, 2.24) is 10.2 Å². The lowest BCUT2D eigenvalue weighted by Gasteiger charge is -2.09. The molecule has 0 saturated heterocycles. The first-order valence-corrected chi connectivity index (χ1v) is 8.60. The Morgan fingerprint density at radius 2 is 2.09 bits per heavy atom. The highest BCUT2D eigenvalue weighted by molar-refractivity contribution is 9.10. The van der Waals surface area contributed by atoms with Gasteiger partial charge in [-0.1, -0.05) is 34.1 Å². The SMILES string of the molecule is C[C@@H](OC(=O)Cc1ccc(Br)cc1)c1nnc(-c2cccs2)o1. The molecule has 23 heavy (non-hydrogen) atoms. The summed E-state index contributed by atoms with van der Waals surface area (Å²) in [5, 5.41) is 9.86. The molecule has 0 saturated carbocycles. The average molecular weight is 393 g/mol. The summed E-state index contributed by atoms with van der Waals surface area (Å²) in [4.78, 5) is 12.9. The number of carbonyl (C=O) groups excluding carboxylic acids is 1. The summed E-state index contributed by atoms with van der Waals surface area (Å²) in [5.74, 6) is 0.388. The summed E-state index contributed by atoms with van der Waals surface area (Å²) < 4.78 is 11.9. The second kappa shape index (κ2) is 7.06. The van der Waals surface area contributed by atoms with E-state index in [0.29, 0.717) is 5.89 Å². The van der Waals surface area contributed by atoms with Crippen LogP contribution >= 0.6 is 27.3 Å². The second-order valence-corrected chi connectivity index (χ2v) is 6.72. The first-order chi connectivity index (χ1) is 11.1. The van der Waals surface area contributed by atoms with Crippen LogP contribution in [0.3, 0.4) is 0 Å². The fourth-order valence-corrected chi connectivity index (χ4v) is 2.87. The summed E-state index contributed by atoms with van der Waals surface area (Å²) >= 11 is 4.87. The predicted octanol–water partition coefficient (Wildman–Crippen LogP) is 4.41. The standard InChI is InChI=1S/C16H13BrN2O3S/c1-10(15-18-19-16(22-15)13-3-2-8-23-13)21-14(20)9-11-4-6-12(17)7-5-11/h2-8,10H,9H2,1H3/t10-/m1/s1. The first-order valence-electron chi connectivity index (χ1n) is 6.93. The smallest absolute Gasteiger partial charge is 0.311 e. The molecule has 0 bridgehead atoms. The lowest BCUT2D eigenvalue weighted by atomic mass is 10.1. The van der Waals surface area contributed by atoms with E-state index in [4.69, 9.17) is 9.15 Å². The Balaban J connectivity index is 1.61. The van der Waals surface area contributed by atoms with Crippen LogP contribution in [0.5, 0.6) is 0 Å². The van der Waals surface area contributed by atoms with Crippen molar-refractivity contribution in [2.45, 2.75) is 19.4 Å².